The molecule has 0 radical (unpaired) electrons. The molecule has 1 amide bonds. The van der Waals surface area contributed by atoms with Crippen molar-refractivity contribution in [3.05, 3.63) is 41.5 Å². The van der Waals surface area contributed by atoms with Crippen LogP contribution in [0.3, 0.4) is 0 Å². The molecule has 0 aromatic heterocycles. The van der Waals surface area contributed by atoms with Crippen molar-refractivity contribution < 1.29 is 28.5 Å². The molecule has 1 unspecified atom stereocenters. The maximum absolute atomic E-state index is 12.9. The van der Waals surface area contributed by atoms with Gasteiger partial charge in [-0.1, -0.05) is 19.9 Å². The Morgan fingerprint density at radius 2 is 1.45 bits per heavy atom. The molecule has 33 heavy (non-hydrogen) atoms. The molecule has 0 fully saturated rings. The van der Waals surface area contributed by atoms with Crippen LogP contribution in [0, 0.1) is 5.92 Å². The Bertz CT molecular complexity index is 887. The molecule has 2 aromatic rings. The molecule has 182 valence electrons. The molecule has 0 spiro atoms. The van der Waals surface area contributed by atoms with E-state index in [1.54, 1.807) is 21.3 Å². The first-order valence-corrected chi connectivity index (χ1v) is 11.4. The number of benzene rings is 2. The number of amides is 1. The predicted octanol–water partition coefficient (Wildman–Crippen LogP) is 4.96. The van der Waals surface area contributed by atoms with Gasteiger partial charge in [-0.2, -0.15) is 0 Å². The molecule has 0 saturated heterocycles. The van der Waals surface area contributed by atoms with Gasteiger partial charge in [0.2, 0.25) is 11.7 Å². The lowest BCUT2D eigenvalue weighted by Crippen LogP contribution is -2.32. The highest BCUT2D eigenvalue weighted by molar-refractivity contribution is 5.77. The van der Waals surface area contributed by atoms with E-state index < -0.39 is 0 Å². The van der Waals surface area contributed by atoms with Crippen molar-refractivity contribution in [1.82, 2.24) is 5.32 Å². The van der Waals surface area contributed by atoms with Gasteiger partial charge in [-0.3, -0.25) is 4.79 Å². The van der Waals surface area contributed by atoms with Crippen LogP contribution in [-0.2, 0) is 11.2 Å². The summed E-state index contributed by atoms with van der Waals surface area (Å²) in [6.45, 7) is 9.14. The first-order chi connectivity index (χ1) is 15.9. The second kappa shape index (κ2) is 12.8. The van der Waals surface area contributed by atoms with Crippen molar-refractivity contribution in [2.45, 2.75) is 46.6 Å². The molecule has 1 atom stereocenters. The van der Waals surface area contributed by atoms with Gasteiger partial charge < -0.3 is 29.0 Å². The van der Waals surface area contributed by atoms with Crippen LogP contribution in [0.2, 0.25) is 0 Å². The fourth-order valence-electron chi connectivity index (χ4n) is 3.68. The monoisotopic (exact) mass is 459 g/mol. The van der Waals surface area contributed by atoms with Gasteiger partial charge in [0.25, 0.3) is 0 Å². The van der Waals surface area contributed by atoms with Gasteiger partial charge in [0, 0.05) is 6.42 Å². The maximum Gasteiger partial charge on any atom is 0.220 e. The molecule has 0 heterocycles. The Morgan fingerprint density at radius 1 is 0.848 bits per heavy atom. The number of carbonyl (C=O) groups excluding carboxylic acids is 1. The highest BCUT2D eigenvalue weighted by Gasteiger charge is 2.21. The number of methoxy groups -OCH3 is 3. The maximum atomic E-state index is 12.9. The van der Waals surface area contributed by atoms with E-state index in [0.29, 0.717) is 54.8 Å². The molecular weight excluding hydrogens is 422 g/mol. The molecule has 0 aliphatic carbocycles. The summed E-state index contributed by atoms with van der Waals surface area (Å²) in [6, 6.07) is 9.44. The van der Waals surface area contributed by atoms with E-state index in [0.717, 1.165) is 11.1 Å². The number of hydrogen-bond acceptors (Lipinski definition) is 6. The second-order valence-corrected chi connectivity index (χ2v) is 7.89. The predicted molar refractivity (Wildman–Crippen MR) is 129 cm³/mol. The first-order valence-electron chi connectivity index (χ1n) is 11.4. The fraction of sp³-hybridized carbons (Fsp3) is 0.500. The quantitative estimate of drug-likeness (QED) is 0.457. The van der Waals surface area contributed by atoms with Crippen LogP contribution < -0.4 is 29.0 Å². The summed E-state index contributed by atoms with van der Waals surface area (Å²) >= 11 is 0. The van der Waals surface area contributed by atoms with Gasteiger partial charge in [0.1, 0.15) is 0 Å². The molecule has 0 aliphatic rings. The SMILES string of the molecule is CCOc1ccc(C(NC(=O)CCc2cc(OC)c(OC)c(OC)c2)C(C)C)cc1OCC. The zero-order chi connectivity index (χ0) is 24.4. The number of rotatable bonds is 13. The van der Waals surface area contributed by atoms with Gasteiger partial charge >= 0.3 is 0 Å². The van der Waals surface area contributed by atoms with Crippen LogP contribution in [0.25, 0.3) is 0 Å². The van der Waals surface area contributed by atoms with Crippen molar-refractivity contribution in [2.24, 2.45) is 5.92 Å². The zero-order valence-electron chi connectivity index (χ0n) is 20.8. The average molecular weight is 460 g/mol. The molecule has 0 bridgehead atoms. The van der Waals surface area contributed by atoms with E-state index in [4.69, 9.17) is 23.7 Å². The van der Waals surface area contributed by atoms with Crippen molar-refractivity contribution in [2.75, 3.05) is 34.5 Å². The summed E-state index contributed by atoms with van der Waals surface area (Å²) in [5, 5.41) is 3.18. The number of nitrogens with one attached hydrogen (secondary N) is 1. The lowest BCUT2D eigenvalue weighted by molar-refractivity contribution is -0.122. The lowest BCUT2D eigenvalue weighted by Gasteiger charge is -2.24. The number of aryl methyl sites for hydroxylation is 1. The number of hydrogen-bond donors (Lipinski definition) is 1. The molecule has 2 aromatic carbocycles. The van der Waals surface area contributed by atoms with Gasteiger partial charge in [0.15, 0.2) is 23.0 Å². The molecular formula is C26H37NO6. The van der Waals surface area contributed by atoms with E-state index in [1.165, 1.54) is 0 Å². The van der Waals surface area contributed by atoms with E-state index in [2.05, 4.69) is 19.2 Å². The first kappa shape index (κ1) is 26.2. The number of carbonyl (C=O) groups is 1. The van der Waals surface area contributed by atoms with Gasteiger partial charge in [-0.25, -0.2) is 0 Å². The minimum absolute atomic E-state index is 0.0331. The fourth-order valence-corrected chi connectivity index (χ4v) is 3.68. The lowest BCUT2D eigenvalue weighted by atomic mass is 9.95. The largest absolute Gasteiger partial charge is 0.493 e. The standard InChI is InChI=1S/C26H37NO6/c1-8-32-20-12-11-19(16-21(20)33-9-2)25(17(3)4)27-24(28)13-10-18-14-22(29-5)26(31-7)23(15-18)30-6/h11-12,14-17,25H,8-10,13H2,1-7H3,(H,27,28). The second-order valence-electron chi connectivity index (χ2n) is 7.89. The van der Waals surface area contributed by atoms with Crippen LogP contribution in [0.5, 0.6) is 28.7 Å². The average Bonchev–Trinajstić information content (AvgIpc) is 2.81. The summed E-state index contributed by atoms with van der Waals surface area (Å²) in [5.74, 6) is 3.24. The van der Waals surface area contributed by atoms with Crippen LogP contribution in [-0.4, -0.2) is 40.5 Å². The number of ether oxygens (including phenoxy) is 5. The third-order valence-corrected chi connectivity index (χ3v) is 5.27. The highest BCUT2D eigenvalue weighted by atomic mass is 16.5. The minimum atomic E-state index is -0.146. The molecule has 7 heteroatoms. The van der Waals surface area contributed by atoms with Crippen molar-refractivity contribution in [3.63, 3.8) is 0 Å². The summed E-state index contributed by atoms with van der Waals surface area (Å²) in [6.07, 6.45) is 0.873. The third kappa shape index (κ3) is 6.94. The summed E-state index contributed by atoms with van der Waals surface area (Å²) in [7, 11) is 4.72. The molecule has 0 aliphatic heterocycles. The van der Waals surface area contributed by atoms with Gasteiger partial charge in [-0.05, 0) is 61.6 Å². The van der Waals surface area contributed by atoms with Crippen molar-refractivity contribution in [1.29, 1.82) is 0 Å². The molecule has 2 rings (SSSR count). The normalized spacial score (nSPS) is 11.6. The van der Waals surface area contributed by atoms with E-state index in [-0.39, 0.29) is 17.9 Å². The summed E-state index contributed by atoms with van der Waals surface area (Å²) in [4.78, 5) is 12.9. The highest BCUT2D eigenvalue weighted by Crippen LogP contribution is 2.38. The Hall–Kier alpha value is -3.09. The Balaban J connectivity index is 2.15. The van der Waals surface area contributed by atoms with Crippen molar-refractivity contribution >= 4 is 5.91 Å². The Morgan fingerprint density at radius 3 is 1.97 bits per heavy atom. The minimum Gasteiger partial charge on any atom is -0.493 e. The zero-order valence-corrected chi connectivity index (χ0v) is 20.8. The van der Waals surface area contributed by atoms with E-state index >= 15 is 0 Å². The molecule has 1 N–H and O–H groups in total. The summed E-state index contributed by atoms with van der Waals surface area (Å²) in [5.41, 5.74) is 1.92. The third-order valence-electron chi connectivity index (χ3n) is 5.27. The van der Waals surface area contributed by atoms with Crippen LogP contribution in [0.4, 0.5) is 0 Å². The van der Waals surface area contributed by atoms with Crippen LogP contribution in [0.1, 0.15) is 51.3 Å². The Labute approximate surface area is 197 Å². The molecule has 7 nitrogen and oxygen atoms in total. The smallest absolute Gasteiger partial charge is 0.220 e. The van der Waals surface area contributed by atoms with Gasteiger partial charge in [0.05, 0.1) is 40.6 Å². The van der Waals surface area contributed by atoms with Crippen LogP contribution >= 0.6 is 0 Å². The van der Waals surface area contributed by atoms with E-state index in [1.807, 2.05) is 44.2 Å². The Kier molecular flexibility index (Phi) is 10.2. The molecule has 0 saturated carbocycles. The van der Waals surface area contributed by atoms with Crippen LogP contribution in [0.15, 0.2) is 30.3 Å². The van der Waals surface area contributed by atoms with Crippen molar-refractivity contribution in [3.8, 4) is 28.7 Å². The van der Waals surface area contributed by atoms with Gasteiger partial charge in [-0.15, -0.1) is 0 Å². The summed E-state index contributed by atoms with van der Waals surface area (Å²) < 4.78 is 27.6. The topological polar surface area (TPSA) is 75.3 Å². The van der Waals surface area contributed by atoms with E-state index in [9.17, 15) is 4.79 Å².